The second-order valence-electron chi connectivity index (χ2n) is 4.38. The van der Waals surface area contributed by atoms with Crippen LogP contribution in [0.25, 0.3) is 0 Å². The largest absolute Gasteiger partial charge is 0.342 e. The zero-order valence-electron chi connectivity index (χ0n) is 10.2. The van der Waals surface area contributed by atoms with Gasteiger partial charge >= 0.3 is 0 Å². The summed E-state index contributed by atoms with van der Waals surface area (Å²) in [5.41, 5.74) is 0. The molecule has 0 spiro atoms. The van der Waals surface area contributed by atoms with Crippen LogP contribution in [0, 0.1) is 23.2 Å². The molecule has 88 valence electrons. The van der Waals surface area contributed by atoms with E-state index >= 15 is 0 Å². The molecule has 0 radical (unpaired) electrons. The van der Waals surface area contributed by atoms with E-state index in [0.717, 1.165) is 19.3 Å². The standard InChI is InChI=1S/C13H19NO2/c1-4-5-6-7-8-9-11-12(10-14)16-13(2,3)15-11/h11-12H,4-6,9H2,1-3H3/t11-,12-/m0/s1. The first-order chi connectivity index (χ1) is 7.59. The minimum atomic E-state index is -0.657. The van der Waals surface area contributed by atoms with E-state index in [2.05, 4.69) is 24.8 Å². The van der Waals surface area contributed by atoms with Gasteiger partial charge in [0.15, 0.2) is 11.9 Å². The Kier molecular flexibility index (Phi) is 4.80. The van der Waals surface area contributed by atoms with Crippen LogP contribution in [0.5, 0.6) is 0 Å². The van der Waals surface area contributed by atoms with Crippen molar-refractivity contribution in [3.05, 3.63) is 0 Å². The lowest BCUT2D eigenvalue weighted by Crippen LogP contribution is -2.21. The van der Waals surface area contributed by atoms with Crippen molar-refractivity contribution in [2.24, 2.45) is 0 Å². The van der Waals surface area contributed by atoms with Crippen molar-refractivity contribution in [1.29, 1.82) is 5.26 Å². The second kappa shape index (κ2) is 5.89. The third kappa shape index (κ3) is 3.85. The molecule has 3 heteroatoms. The average molecular weight is 221 g/mol. The lowest BCUT2D eigenvalue weighted by Gasteiger charge is -2.15. The fraction of sp³-hybridized carbons (Fsp3) is 0.769. The second-order valence-corrected chi connectivity index (χ2v) is 4.38. The van der Waals surface area contributed by atoms with Gasteiger partial charge in [-0.2, -0.15) is 5.26 Å². The van der Waals surface area contributed by atoms with E-state index in [1.165, 1.54) is 0 Å². The molecule has 0 aromatic rings. The van der Waals surface area contributed by atoms with E-state index in [-0.39, 0.29) is 6.10 Å². The van der Waals surface area contributed by atoms with E-state index in [1.807, 2.05) is 13.8 Å². The van der Waals surface area contributed by atoms with Crippen LogP contribution in [0.1, 0.15) is 46.5 Å². The smallest absolute Gasteiger partial charge is 0.174 e. The molecule has 1 aliphatic heterocycles. The predicted molar refractivity (Wildman–Crippen MR) is 61.4 cm³/mol. The molecule has 0 saturated carbocycles. The van der Waals surface area contributed by atoms with Crippen molar-refractivity contribution in [3.63, 3.8) is 0 Å². The van der Waals surface area contributed by atoms with Crippen LogP contribution >= 0.6 is 0 Å². The lowest BCUT2D eigenvalue weighted by atomic mass is 10.1. The summed E-state index contributed by atoms with van der Waals surface area (Å²) in [6, 6.07) is 2.11. The molecule has 1 aliphatic rings. The Labute approximate surface area is 97.7 Å². The van der Waals surface area contributed by atoms with Crippen LogP contribution in [0.2, 0.25) is 0 Å². The minimum Gasteiger partial charge on any atom is -0.342 e. The van der Waals surface area contributed by atoms with Crippen molar-refractivity contribution in [1.82, 2.24) is 0 Å². The van der Waals surface area contributed by atoms with Gasteiger partial charge in [0, 0.05) is 12.8 Å². The third-order valence-electron chi connectivity index (χ3n) is 2.39. The number of unbranched alkanes of at least 4 members (excludes halogenated alkanes) is 2. The van der Waals surface area contributed by atoms with Crippen molar-refractivity contribution in [3.8, 4) is 17.9 Å². The monoisotopic (exact) mass is 221 g/mol. The summed E-state index contributed by atoms with van der Waals surface area (Å²) < 4.78 is 11.0. The van der Waals surface area contributed by atoms with Crippen molar-refractivity contribution < 1.29 is 9.47 Å². The van der Waals surface area contributed by atoms with Gasteiger partial charge in [-0.1, -0.05) is 13.3 Å². The van der Waals surface area contributed by atoms with Gasteiger partial charge in [-0.05, 0) is 20.3 Å². The highest BCUT2D eigenvalue weighted by Gasteiger charge is 2.40. The molecule has 0 aromatic carbocycles. The molecule has 1 saturated heterocycles. The van der Waals surface area contributed by atoms with E-state index in [0.29, 0.717) is 6.42 Å². The highest BCUT2D eigenvalue weighted by Crippen LogP contribution is 2.29. The Bertz CT molecular complexity index is 319. The SMILES string of the molecule is CCCCC#CC[C@@H]1OC(C)(C)O[C@H]1C#N. The van der Waals surface area contributed by atoms with Gasteiger partial charge in [-0.15, -0.1) is 11.8 Å². The number of hydrogen-bond acceptors (Lipinski definition) is 3. The van der Waals surface area contributed by atoms with E-state index in [9.17, 15) is 0 Å². The van der Waals surface area contributed by atoms with Crippen LogP contribution in [-0.4, -0.2) is 18.0 Å². The highest BCUT2D eigenvalue weighted by molar-refractivity contribution is 5.06. The fourth-order valence-electron chi connectivity index (χ4n) is 1.62. The van der Waals surface area contributed by atoms with Crippen LogP contribution in [-0.2, 0) is 9.47 Å². The molecule has 3 nitrogen and oxygen atoms in total. The molecule has 0 bridgehead atoms. The molecule has 0 N–H and O–H groups in total. The number of nitrogens with zero attached hydrogens (tertiary/aromatic N) is 1. The average Bonchev–Trinajstić information content (AvgIpc) is 2.53. The molecule has 1 rings (SSSR count). The summed E-state index contributed by atoms with van der Waals surface area (Å²) in [6.07, 6.45) is 3.08. The van der Waals surface area contributed by atoms with Crippen molar-refractivity contribution in [2.75, 3.05) is 0 Å². The maximum absolute atomic E-state index is 8.91. The first-order valence-corrected chi connectivity index (χ1v) is 5.80. The van der Waals surface area contributed by atoms with Crippen molar-refractivity contribution in [2.45, 2.75) is 64.4 Å². The van der Waals surface area contributed by atoms with Gasteiger partial charge in [0.2, 0.25) is 0 Å². The Hall–Kier alpha value is -1.03. The predicted octanol–water partition coefficient (Wildman–Crippen LogP) is 2.61. The zero-order chi connectivity index (χ0) is 12.0. The summed E-state index contributed by atoms with van der Waals surface area (Å²) in [5.74, 6) is 5.49. The maximum atomic E-state index is 8.91. The summed E-state index contributed by atoms with van der Waals surface area (Å²) in [4.78, 5) is 0. The molecule has 0 amide bonds. The normalized spacial score (nSPS) is 26.9. The molecule has 1 heterocycles. The van der Waals surface area contributed by atoms with Gasteiger partial charge in [0.25, 0.3) is 0 Å². The molecule has 16 heavy (non-hydrogen) atoms. The minimum absolute atomic E-state index is 0.214. The van der Waals surface area contributed by atoms with Gasteiger partial charge in [0.05, 0.1) is 6.07 Å². The Morgan fingerprint density at radius 1 is 1.25 bits per heavy atom. The van der Waals surface area contributed by atoms with Crippen LogP contribution in [0.4, 0.5) is 0 Å². The number of nitriles is 1. The van der Waals surface area contributed by atoms with Gasteiger partial charge in [-0.3, -0.25) is 0 Å². The Morgan fingerprint density at radius 2 is 2.00 bits per heavy atom. The molecule has 0 unspecified atom stereocenters. The highest BCUT2D eigenvalue weighted by atomic mass is 16.7. The number of ether oxygens (including phenoxy) is 2. The summed E-state index contributed by atoms with van der Waals surface area (Å²) in [5, 5.41) is 8.91. The molecular weight excluding hydrogens is 202 g/mol. The van der Waals surface area contributed by atoms with E-state index < -0.39 is 11.9 Å². The summed E-state index contributed by atoms with van der Waals surface area (Å²) in [7, 11) is 0. The quantitative estimate of drug-likeness (QED) is 0.543. The molecule has 0 aliphatic carbocycles. The Morgan fingerprint density at radius 3 is 2.62 bits per heavy atom. The number of hydrogen-bond donors (Lipinski definition) is 0. The van der Waals surface area contributed by atoms with Crippen LogP contribution < -0.4 is 0 Å². The topological polar surface area (TPSA) is 42.2 Å². The summed E-state index contributed by atoms with van der Waals surface area (Å²) >= 11 is 0. The molecule has 1 fully saturated rings. The third-order valence-corrected chi connectivity index (χ3v) is 2.39. The summed E-state index contributed by atoms with van der Waals surface area (Å²) in [6.45, 7) is 5.79. The fourth-order valence-corrected chi connectivity index (χ4v) is 1.62. The van der Waals surface area contributed by atoms with Crippen LogP contribution in [0.15, 0.2) is 0 Å². The first-order valence-electron chi connectivity index (χ1n) is 5.80. The zero-order valence-corrected chi connectivity index (χ0v) is 10.2. The maximum Gasteiger partial charge on any atom is 0.174 e. The number of rotatable bonds is 3. The Balaban J connectivity index is 2.41. The first kappa shape index (κ1) is 13.0. The van der Waals surface area contributed by atoms with E-state index in [4.69, 9.17) is 14.7 Å². The van der Waals surface area contributed by atoms with Gasteiger partial charge in [-0.25, -0.2) is 0 Å². The molecule has 0 aromatic heterocycles. The van der Waals surface area contributed by atoms with Crippen LogP contribution in [0.3, 0.4) is 0 Å². The van der Waals surface area contributed by atoms with Gasteiger partial charge in [0.1, 0.15) is 6.10 Å². The lowest BCUT2D eigenvalue weighted by molar-refractivity contribution is -0.141. The molecule has 2 atom stereocenters. The molecular formula is C13H19NO2. The van der Waals surface area contributed by atoms with E-state index in [1.54, 1.807) is 0 Å². The van der Waals surface area contributed by atoms with Gasteiger partial charge < -0.3 is 9.47 Å². The van der Waals surface area contributed by atoms with Crippen molar-refractivity contribution >= 4 is 0 Å².